The lowest BCUT2D eigenvalue weighted by Crippen LogP contribution is -2.56. The molecule has 0 bridgehead atoms. The number of nitrogens with one attached hydrogen (secondary N) is 1. The normalized spacial score (nSPS) is 22.0. The number of aromatic nitrogens is 2. The number of nitrogens with two attached hydrogens (primary N) is 1. The fraction of sp³-hybridized carbons (Fsp3) is 0.346. The van der Waals surface area contributed by atoms with Crippen LogP contribution in [0.1, 0.15) is 41.2 Å². The molecule has 4 atom stereocenters. The highest BCUT2D eigenvalue weighted by atomic mass is 35.5. The lowest BCUT2D eigenvalue weighted by molar-refractivity contribution is 0.0784. The van der Waals surface area contributed by atoms with E-state index in [0.717, 1.165) is 35.9 Å². The number of hydrogen-bond acceptors (Lipinski definition) is 7. The van der Waals surface area contributed by atoms with Gasteiger partial charge in [-0.1, -0.05) is 13.0 Å². The van der Waals surface area contributed by atoms with Crippen molar-refractivity contribution in [3.05, 3.63) is 70.9 Å². The van der Waals surface area contributed by atoms with Gasteiger partial charge in [-0.2, -0.15) is 0 Å². The average molecular weight is 586 g/mol. The van der Waals surface area contributed by atoms with Crippen LogP contribution in [0.4, 0.5) is 24.5 Å². The van der Waals surface area contributed by atoms with Gasteiger partial charge in [-0.3, -0.25) is 9.78 Å². The molecule has 0 unspecified atom stereocenters. The number of aliphatic hydroxyl groups excluding tert-OH is 2. The highest BCUT2D eigenvalue weighted by Crippen LogP contribution is 2.41. The van der Waals surface area contributed by atoms with Crippen molar-refractivity contribution >= 4 is 42.1 Å². The van der Waals surface area contributed by atoms with Crippen molar-refractivity contribution in [1.82, 2.24) is 9.97 Å². The average Bonchev–Trinajstić information content (AvgIpc) is 3.23. The minimum atomic E-state index is -1.01. The number of fused-ring (bicyclic) bond motifs is 1. The molecule has 3 aromatic rings. The summed E-state index contributed by atoms with van der Waals surface area (Å²) >= 11 is 0. The fourth-order valence-corrected chi connectivity index (χ4v) is 5.11. The van der Waals surface area contributed by atoms with E-state index in [1.165, 1.54) is 6.20 Å². The van der Waals surface area contributed by atoms with E-state index in [1.807, 2.05) is 11.8 Å². The fourth-order valence-electron chi connectivity index (χ4n) is 5.11. The smallest absolute Gasteiger partial charge is 0.274 e. The van der Waals surface area contributed by atoms with Gasteiger partial charge in [-0.15, -0.1) is 24.8 Å². The molecule has 210 valence electrons. The maximum absolute atomic E-state index is 14.5. The first-order valence-electron chi connectivity index (χ1n) is 12.0. The molecule has 1 saturated heterocycles. The zero-order chi connectivity index (χ0) is 26.4. The molecule has 8 nitrogen and oxygen atoms in total. The Kier molecular flexibility index (Phi) is 9.45. The van der Waals surface area contributed by atoms with E-state index in [-0.39, 0.29) is 36.4 Å². The molecule has 2 aromatic heterocycles. The standard InChI is InChI=1S/C26H26F3N5O3.2ClH/c1-12-10-34(11-17(30)25(12)36)24-13-5-8-20(35)22(13)31-9-19(24)33-26(37)18-7-6-16(29)23(32-18)21-14(27)3-2-4-15(21)28;;/h2-4,6-7,9,12,17,20,25,35-36H,5,8,10-11,30H2,1H3,(H,33,37);2*1H/t12-,17+,20+,25+;;/m0../s1. The molecule has 1 aromatic carbocycles. The number of hydrogen-bond donors (Lipinski definition) is 4. The SMILES string of the molecule is C[C@H]1CN(c2c(NC(=O)c3ccc(F)c(-c4c(F)cccc4F)n3)cnc3c2CC[C@H]3O)C[C@@H](N)[C@@H]1O.Cl.Cl. The van der Waals surface area contributed by atoms with Crippen LogP contribution in [-0.2, 0) is 6.42 Å². The summed E-state index contributed by atoms with van der Waals surface area (Å²) in [4.78, 5) is 23.4. The van der Waals surface area contributed by atoms with Crippen LogP contribution >= 0.6 is 24.8 Å². The van der Waals surface area contributed by atoms with E-state index in [2.05, 4.69) is 15.3 Å². The molecule has 2 aliphatic rings. The summed E-state index contributed by atoms with van der Waals surface area (Å²) in [5.41, 5.74) is 6.85. The van der Waals surface area contributed by atoms with Crippen molar-refractivity contribution in [3.8, 4) is 11.3 Å². The summed E-state index contributed by atoms with van der Waals surface area (Å²) < 4.78 is 43.1. The molecule has 1 amide bonds. The third-order valence-corrected chi connectivity index (χ3v) is 6.97. The van der Waals surface area contributed by atoms with Crippen LogP contribution in [0.5, 0.6) is 0 Å². The topological polar surface area (TPSA) is 125 Å². The summed E-state index contributed by atoms with van der Waals surface area (Å²) in [5, 5.41) is 23.4. The quantitative estimate of drug-likeness (QED) is 0.367. The van der Waals surface area contributed by atoms with Gasteiger partial charge in [0.1, 0.15) is 28.8 Å². The van der Waals surface area contributed by atoms with Gasteiger partial charge in [0.05, 0.1) is 41.0 Å². The second kappa shape index (κ2) is 12.1. The first-order chi connectivity index (χ1) is 17.7. The predicted molar refractivity (Wildman–Crippen MR) is 145 cm³/mol. The van der Waals surface area contributed by atoms with Crippen LogP contribution in [0.3, 0.4) is 0 Å². The first kappa shape index (κ1) is 30.6. The Hall–Kier alpha value is -2.96. The summed E-state index contributed by atoms with van der Waals surface area (Å²) in [6.07, 6.45) is 0.994. The molecule has 0 radical (unpaired) electrons. The molecule has 1 aliphatic carbocycles. The largest absolute Gasteiger partial charge is 0.391 e. The number of carbonyl (C=O) groups is 1. The number of nitrogens with zero attached hydrogens (tertiary/aromatic N) is 3. The molecule has 3 heterocycles. The van der Waals surface area contributed by atoms with E-state index in [9.17, 15) is 28.2 Å². The molecule has 39 heavy (non-hydrogen) atoms. The molecule has 0 spiro atoms. The lowest BCUT2D eigenvalue weighted by atomic mass is 9.92. The van der Waals surface area contributed by atoms with E-state index < -0.39 is 52.9 Å². The molecule has 1 fully saturated rings. The molecule has 0 saturated carbocycles. The summed E-state index contributed by atoms with van der Waals surface area (Å²) in [7, 11) is 0. The third kappa shape index (κ3) is 5.68. The van der Waals surface area contributed by atoms with Crippen molar-refractivity contribution in [3.63, 3.8) is 0 Å². The van der Waals surface area contributed by atoms with Crippen LogP contribution < -0.4 is 16.0 Å². The molecule has 13 heteroatoms. The van der Waals surface area contributed by atoms with Crippen LogP contribution in [0, 0.1) is 23.4 Å². The van der Waals surface area contributed by atoms with Crippen LogP contribution in [0.25, 0.3) is 11.3 Å². The number of benzene rings is 1. The van der Waals surface area contributed by atoms with Crippen LogP contribution in [-0.4, -0.2) is 51.3 Å². The number of aliphatic hydroxyl groups is 2. The Balaban J connectivity index is 0.00000210. The number of amides is 1. The molecule has 1 aliphatic heterocycles. The summed E-state index contributed by atoms with van der Waals surface area (Å²) in [5.74, 6) is -3.90. The molecule has 5 rings (SSSR count). The van der Waals surface area contributed by atoms with Crippen molar-refractivity contribution < 1.29 is 28.2 Å². The van der Waals surface area contributed by atoms with E-state index in [0.29, 0.717) is 43.0 Å². The van der Waals surface area contributed by atoms with Crippen molar-refractivity contribution in [2.24, 2.45) is 11.7 Å². The number of pyridine rings is 2. The number of piperidine rings is 1. The Morgan fingerprint density at radius 3 is 2.44 bits per heavy atom. The van der Waals surface area contributed by atoms with E-state index >= 15 is 0 Å². The second-order valence-electron chi connectivity index (χ2n) is 9.55. The Morgan fingerprint density at radius 1 is 1.08 bits per heavy atom. The highest BCUT2D eigenvalue weighted by molar-refractivity contribution is 6.05. The van der Waals surface area contributed by atoms with Gasteiger partial charge in [0.2, 0.25) is 0 Å². The minimum absolute atomic E-state index is 0. The van der Waals surface area contributed by atoms with Crippen molar-refractivity contribution in [2.75, 3.05) is 23.3 Å². The van der Waals surface area contributed by atoms with Gasteiger partial charge >= 0.3 is 0 Å². The number of halogens is 5. The van der Waals surface area contributed by atoms with Crippen LogP contribution in [0.2, 0.25) is 0 Å². The maximum Gasteiger partial charge on any atom is 0.274 e. The minimum Gasteiger partial charge on any atom is -0.391 e. The zero-order valence-corrected chi connectivity index (χ0v) is 22.4. The molecular weight excluding hydrogens is 558 g/mol. The maximum atomic E-state index is 14.5. The zero-order valence-electron chi connectivity index (χ0n) is 20.8. The molecular formula is C26H28Cl2F3N5O3. The number of rotatable bonds is 4. The summed E-state index contributed by atoms with van der Waals surface area (Å²) in [6, 6.07) is 4.61. The predicted octanol–water partition coefficient (Wildman–Crippen LogP) is 3.78. The van der Waals surface area contributed by atoms with E-state index in [1.54, 1.807) is 0 Å². The van der Waals surface area contributed by atoms with Crippen LogP contribution in [0.15, 0.2) is 36.5 Å². The number of carbonyl (C=O) groups excluding carboxylic acids is 1. The molecule has 5 N–H and O–H groups in total. The lowest BCUT2D eigenvalue weighted by Gasteiger charge is -2.41. The number of anilines is 2. The highest BCUT2D eigenvalue weighted by Gasteiger charge is 2.36. The van der Waals surface area contributed by atoms with Gasteiger partial charge in [-0.05, 0) is 37.1 Å². The van der Waals surface area contributed by atoms with Gasteiger partial charge in [0.25, 0.3) is 5.91 Å². The van der Waals surface area contributed by atoms with Crippen molar-refractivity contribution in [1.29, 1.82) is 0 Å². The van der Waals surface area contributed by atoms with E-state index in [4.69, 9.17) is 5.73 Å². The van der Waals surface area contributed by atoms with Gasteiger partial charge in [0, 0.05) is 30.6 Å². The Morgan fingerprint density at radius 2 is 1.77 bits per heavy atom. The van der Waals surface area contributed by atoms with Crippen molar-refractivity contribution in [2.45, 2.75) is 38.0 Å². The third-order valence-electron chi connectivity index (χ3n) is 6.97. The van der Waals surface area contributed by atoms with Gasteiger partial charge in [-0.25, -0.2) is 18.2 Å². The Bertz CT molecular complexity index is 1350. The monoisotopic (exact) mass is 585 g/mol. The van der Waals surface area contributed by atoms with Gasteiger partial charge < -0.3 is 26.2 Å². The van der Waals surface area contributed by atoms with Gasteiger partial charge in [0.15, 0.2) is 0 Å². The second-order valence-corrected chi connectivity index (χ2v) is 9.55. The summed E-state index contributed by atoms with van der Waals surface area (Å²) in [6.45, 7) is 2.64. The Labute approximate surface area is 235 Å². The first-order valence-corrected chi connectivity index (χ1v) is 12.0.